The molecule has 0 bridgehead atoms. The molecule has 0 unspecified atom stereocenters. The van der Waals surface area contributed by atoms with Gasteiger partial charge in [0.2, 0.25) is 0 Å². The lowest BCUT2D eigenvalue weighted by atomic mass is 9.79. The van der Waals surface area contributed by atoms with Gasteiger partial charge in [-0.2, -0.15) is 0 Å². The first-order valence-corrected chi connectivity index (χ1v) is 6.48. The monoisotopic (exact) mass is 252 g/mol. The van der Waals surface area contributed by atoms with Crippen LogP contribution in [-0.2, 0) is 0 Å². The molecule has 2 nitrogen and oxygen atoms in total. The van der Waals surface area contributed by atoms with E-state index in [1.807, 2.05) is 6.07 Å². The molecule has 0 aliphatic heterocycles. The molecule has 1 aliphatic carbocycles. The molecule has 1 aromatic rings. The largest absolute Gasteiger partial charge is 0.478 e. The Hall–Kier alpha value is -1.02. The number of halogens is 1. The van der Waals surface area contributed by atoms with Crippen LogP contribution in [0, 0.1) is 5.92 Å². The van der Waals surface area contributed by atoms with Crippen molar-refractivity contribution < 1.29 is 9.90 Å². The normalized spacial score (nSPS) is 24.6. The van der Waals surface area contributed by atoms with Crippen LogP contribution in [0.5, 0.6) is 0 Å². The lowest BCUT2D eigenvalue weighted by Crippen LogP contribution is -2.11. The fraction of sp³-hybridized carbons (Fsp3) is 0.500. The summed E-state index contributed by atoms with van der Waals surface area (Å²) in [5.74, 6) is 0.389. The Kier molecular flexibility index (Phi) is 3.72. The summed E-state index contributed by atoms with van der Waals surface area (Å²) in [6, 6.07) is 5.10. The van der Waals surface area contributed by atoms with Crippen molar-refractivity contribution in [1.29, 1.82) is 0 Å². The number of hydrogen-bond donors (Lipinski definition) is 1. The van der Waals surface area contributed by atoms with Gasteiger partial charge in [0.1, 0.15) is 0 Å². The van der Waals surface area contributed by atoms with Crippen molar-refractivity contribution in [3.63, 3.8) is 0 Å². The van der Waals surface area contributed by atoms with Crippen molar-refractivity contribution in [2.24, 2.45) is 5.92 Å². The van der Waals surface area contributed by atoms with Crippen LogP contribution in [0.1, 0.15) is 54.4 Å². The average molecular weight is 253 g/mol. The number of aromatic carboxylic acids is 1. The minimum atomic E-state index is -0.921. The summed E-state index contributed by atoms with van der Waals surface area (Å²) in [6.45, 7) is 2.28. The summed E-state index contributed by atoms with van der Waals surface area (Å²) in [5.41, 5.74) is 1.38. The van der Waals surface area contributed by atoms with E-state index >= 15 is 0 Å². The molecule has 92 valence electrons. The topological polar surface area (TPSA) is 37.3 Å². The first-order valence-electron chi connectivity index (χ1n) is 6.10. The molecule has 0 saturated heterocycles. The average Bonchev–Trinajstić information content (AvgIpc) is 2.30. The number of carboxylic acid groups (broad SMARTS) is 1. The molecule has 1 aliphatic rings. The highest BCUT2D eigenvalue weighted by Gasteiger charge is 2.22. The standard InChI is InChI=1S/C14H17ClO2/c1-9-2-4-10(5-3-9)12-7-6-11(14(16)17)8-13(12)15/h6-10H,2-5H2,1H3,(H,16,17). The van der Waals surface area contributed by atoms with Gasteiger partial charge in [-0.15, -0.1) is 0 Å². The minimum Gasteiger partial charge on any atom is -0.478 e. The Bertz CT molecular complexity index is 420. The molecule has 3 heteroatoms. The van der Waals surface area contributed by atoms with Crippen LogP contribution in [0.25, 0.3) is 0 Å². The van der Waals surface area contributed by atoms with Crippen LogP contribution in [0.15, 0.2) is 18.2 Å². The van der Waals surface area contributed by atoms with E-state index in [4.69, 9.17) is 16.7 Å². The molecule has 0 radical (unpaired) electrons. The first-order chi connectivity index (χ1) is 8.08. The van der Waals surface area contributed by atoms with Crippen molar-refractivity contribution in [1.82, 2.24) is 0 Å². The summed E-state index contributed by atoms with van der Waals surface area (Å²) in [7, 11) is 0. The summed E-state index contributed by atoms with van der Waals surface area (Å²) in [6.07, 6.45) is 4.80. The molecule has 2 rings (SSSR count). The zero-order chi connectivity index (χ0) is 12.4. The second kappa shape index (κ2) is 5.09. The van der Waals surface area contributed by atoms with Crippen LogP contribution >= 0.6 is 11.6 Å². The zero-order valence-electron chi connectivity index (χ0n) is 9.95. The highest BCUT2D eigenvalue weighted by molar-refractivity contribution is 6.31. The zero-order valence-corrected chi connectivity index (χ0v) is 10.7. The predicted molar refractivity (Wildman–Crippen MR) is 68.8 cm³/mol. The number of rotatable bonds is 2. The lowest BCUT2D eigenvalue weighted by Gasteiger charge is -2.27. The molecular formula is C14H17ClO2. The minimum absolute atomic E-state index is 0.267. The lowest BCUT2D eigenvalue weighted by molar-refractivity contribution is 0.0697. The molecule has 0 spiro atoms. The quantitative estimate of drug-likeness (QED) is 0.851. The van der Waals surface area contributed by atoms with Gasteiger partial charge >= 0.3 is 5.97 Å². The van der Waals surface area contributed by atoms with Crippen LogP contribution < -0.4 is 0 Å². The molecule has 17 heavy (non-hydrogen) atoms. The number of carboxylic acids is 1. The van der Waals surface area contributed by atoms with Crippen LogP contribution in [0.4, 0.5) is 0 Å². The van der Waals surface area contributed by atoms with Crippen LogP contribution in [0.3, 0.4) is 0 Å². The summed E-state index contributed by atoms with van der Waals surface area (Å²) in [4.78, 5) is 10.8. The van der Waals surface area contributed by atoms with Crippen LogP contribution in [-0.4, -0.2) is 11.1 Å². The third-order valence-electron chi connectivity index (χ3n) is 3.70. The van der Waals surface area contributed by atoms with Gasteiger partial charge in [0, 0.05) is 5.02 Å². The van der Waals surface area contributed by atoms with Crippen molar-refractivity contribution in [3.05, 3.63) is 34.3 Å². The maximum atomic E-state index is 10.8. The summed E-state index contributed by atoms with van der Waals surface area (Å²) >= 11 is 6.18. The molecule has 1 aromatic carbocycles. The van der Waals surface area contributed by atoms with Gasteiger partial charge in [-0.1, -0.05) is 37.4 Å². The molecule has 0 heterocycles. The van der Waals surface area contributed by atoms with Gasteiger partial charge in [0.25, 0.3) is 0 Å². The van der Waals surface area contributed by atoms with E-state index in [1.165, 1.54) is 12.8 Å². The number of carbonyl (C=O) groups is 1. The van der Waals surface area contributed by atoms with Gasteiger partial charge in [0.15, 0.2) is 0 Å². The number of benzene rings is 1. The SMILES string of the molecule is CC1CCC(c2ccc(C(=O)O)cc2Cl)CC1. The third-order valence-corrected chi connectivity index (χ3v) is 4.03. The smallest absolute Gasteiger partial charge is 0.335 e. The molecule has 0 atom stereocenters. The van der Waals surface area contributed by atoms with Gasteiger partial charge in [-0.05, 0) is 42.4 Å². The van der Waals surface area contributed by atoms with Gasteiger partial charge in [-0.3, -0.25) is 0 Å². The van der Waals surface area contributed by atoms with Crippen molar-refractivity contribution in [2.45, 2.75) is 38.5 Å². The molecule has 1 fully saturated rings. The van der Waals surface area contributed by atoms with E-state index < -0.39 is 5.97 Å². The highest BCUT2D eigenvalue weighted by atomic mass is 35.5. The third kappa shape index (κ3) is 2.81. The van der Waals surface area contributed by atoms with E-state index in [1.54, 1.807) is 12.1 Å². The summed E-state index contributed by atoms with van der Waals surface area (Å²) in [5, 5.41) is 9.49. The molecular weight excluding hydrogens is 236 g/mol. The summed E-state index contributed by atoms with van der Waals surface area (Å²) < 4.78 is 0. The maximum absolute atomic E-state index is 10.8. The Morgan fingerprint density at radius 1 is 1.29 bits per heavy atom. The number of hydrogen-bond acceptors (Lipinski definition) is 1. The van der Waals surface area contributed by atoms with E-state index in [2.05, 4.69) is 6.92 Å². The highest BCUT2D eigenvalue weighted by Crippen LogP contribution is 2.38. The second-order valence-corrected chi connectivity index (χ2v) is 5.41. The Morgan fingerprint density at radius 3 is 2.47 bits per heavy atom. The van der Waals surface area contributed by atoms with Crippen molar-refractivity contribution >= 4 is 17.6 Å². The van der Waals surface area contributed by atoms with Crippen molar-refractivity contribution in [3.8, 4) is 0 Å². The van der Waals surface area contributed by atoms with E-state index in [0.29, 0.717) is 10.9 Å². The van der Waals surface area contributed by atoms with Gasteiger partial charge in [0.05, 0.1) is 5.56 Å². The first kappa shape index (κ1) is 12.4. The van der Waals surface area contributed by atoms with Gasteiger partial charge in [-0.25, -0.2) is 4.79 Å². The van der Waals surface area contributed by atoms with E-state index in [0.717, 1.165) is 24.3 Å². The Morgan fingerprint density at radius 2 is 1.94 bits per heavy atom. The second-order valence-electron chi connectivity index (χ2n) is 5.00. The predicted octanol–water partition coefficient (Wildman–Crippen LogP) is 4.33. The molecule has 1 saturated carbocycles. The fourth-order valence-electron chi connectivity index (χ4n) is 2.56. The molecule has 0 amide bonds. The molecule has 1 N–H and O–H groups in total. The fourth-order valence-corrected chi connectivity index (χ4v) is 2.90. The van der Waals surface area contributed by atoms with E-state index in [-0.39, 0.29) is 5.56 Å². The van der Waals surface area contributed by atoms with E-state index in [9.17, 15) is 4.79 Å². The van der Waals surface area contributed by atoms with Gasteiger partial charge < -0.3 is 5.11 Å². The van der Waals surface area contributed by atoms with Crippen LogP contribution in [0.2, 0.25) is 5.02 Å². The molecule has 0 aromatic heterocycles. The Balaban J connectivity index is 2.19. The van der Waals surface area contributed by atoms with Crippen molar-refractivity contribution in [2.75, 3.05) is 0 Å². The Labute approximate surface area is 107 Å². The maximum Gasteiger partial charge on any atom is 0.335 e.